The summed E-state index contributed by atoms with van der Waals surface area (Å²) in [6.45, 7) is 0.435. The molecule has 1 heterocycles. The maximum absolute atomic E-state index is 13.0. The zero-order chi connectivity index (χ0) is 23.5. The van der Waals surface area contributed by atoms with Gasteiger partial charge in [0.1, 0.15) is 0 Å². The summed E-state index contributed by atoms with van der Waals surface area (Å²) < 4.78 is 76.1. The van der Waals surface area contributed by atoms with Crippen LogP contribution < -0.4 is 9.47 Å². The van der Waals surface area contributed by atoms with Gasteiger partial charge in [-0.2, -0.15) is 17.5 Å². The molecule has 2 aromatic rings. The Balaban J connectivity index is 1.65. The standard InChI is InChI=1S/C21H23F3N2O5S/c1-30-18-7-6-17(14-19(18)31-2)32(28,29)26-10-8-25(9-11-26)20(27)13-15-4-3-5-16(12-15)21(22,23)24/h3-7,12,14H,8-11,13H2,1-2H3. The molecule has 0 saturated carbocycles. The molecule has 3 rings (SSSR count). The first kappa shape index (κ1) is 23.9. The smallest absolute Gasteiger partial charge is 0.416 e. The molecule has 1 aliphatic heterocycles. The molecule has 0 bridgehead atoms. The Hall–Kier alpha value is -2.79. The van der Waals surface area contributed by atoms with Crippen LogP contribution in [0.4, 0.5) is 13.2 Å². The van der Waals surface area contributed by atoms with Crippen LogP contribution in [0.5, 0.6) is 11.5 Å². The lowest BCUT2D eigenvalue weighted by atomic mass is 10.1. The van der Waals surface area contributed by atoms with Gasteiger partial charge in [0, 0.05) is 32.2 Å². The summed E-state index contributed by atoms with van der Waals surface area (Å²) in [5.41, 5.74) is -0.557. The number of methoxy groups -OCH3 is 2. The molecule has 0 atom stereocenters. The van der Waals surface area contributed by atoms with Gasteiger partial charge in [-0.25, -0.2) is 8.42 Å². The average molecular weight is 472 g/mol. The molecule has 11 heteroatoms. The molecule has 7 nitrogen and oxygen atoms in total. The number of sulfonamides is 1. The molecule has 1 saturated heterocycles. The highest BCUT2D eigenvalue weighted by Gasteiger charge is 2.32. The monoisotopic (exact) mass is 472 g/mol. The van der Waals surface area contributed by atoms with Gasteiger partial charge in [0.05, 0.1) is 31.1 Å². The molecular weight excluding hydrogens is 449 g/mol. The van der Waals surface area contributed by atoms with Crippen molar-refractivity contribution < 1.29 is 35.9 Å². The zero-order valence-corrected chi connectivity index (χ0v) is 18.4. The number of carbonyl (C=O) groups is 1. The molecule has 1 amide bonds. The van der Waals surface area contributed by atoms with Crippen molar-refractivity contribution in [1.29, 1.82) is 0 Å². The molecule has 32 heavy (non-hydrogen) atoms. The Labute approximate surface area is 184 Å². The van der Waals surface area contributed by atoms with Crippen molar-refractivity contribution in [3.8, 4) is 11.5 Å². The Bertz CT molecular complexity index is 1080. The third-order valence-electron chi connectivity index (χ3n) is 5.19. The van der Waals surface area contributed by atoms with Crippen molar-refractivity contribution >= 4 is 15.9 Å². The van der Waals surface area contributed by atoms with Crippen LogP contribution in [0, 0.1) is 0 Å². The summed E-state index contributed by atoms with van der Waals surface area (Å²) >= 11 is 0. The highest BCUT2D eigenvalue weighted by atomic mass is 32.2. The second-order valence-corrected chi connectivity index (χ2v) is 9.11. The number of hydrogen-bond donors (Lipinski definition) is 0. The fraction of sp³-hybridized carbons (Fsp3) is 0.381. The van der Waals surface area contributed by atoms with Crippen molar-refractivity contribution in [2.75, 3.05) is 40.4 Å². The number of amides is 1. The largest absolute Gasteiger partial charge is 0.493 e. The minimum absolute atomic E-state index is 0.0406. The van der Waals surface area contributed by atoms with E-state index in [-0.39, 0.29) is 54.7 Å². The van der Waals surface area contributed by atoms with E-state index in [1.165, 1.54) is 53.8 Å². The number of ether oxygens (including phenoxy) is 2. The first-order valence-electron chi connectivity index (χ1n) is 9.72. The number of halogens is 3. The molecule has 2 aromatic carbocycles. The van der Waals surface area contributed by atoms with Crippen LogP contribution in [0.3, 0.4) is 0 Å². The number of piperazine rings is 1. The minimum Gasteiger partial charge on any atom is -0.493 e. The van der Waals surface area contributed by atoms with Gasteiger partial charge in [-0.05, 0) is 23.8 Å². The number of carbonyl (C=O) groups excluding carboxylic acids is 1. The summed E-state index contributed by atoms with van der Waals surface area (Å²) in [4.78, 5) is 14.1. The van der Waals surface area contributed by atoms with Crippen LogP contribution in [-0.4, -0.2) is 63.9 Å². The molecular formula is C21H23F3N2O5S. The minimum atomic E-state index is -4.48. The Kier molecular flexibility index (Phi) is 6.99. The summed E-state index contributed by atoms with van der Waals surface area (Å²) in [5, 5.41) is 0. The van der Waals surface area contributed by atoms with Gasteiger partial charge in [-0.1, -0.05) is 18.2 Å². The fourth-order valence-electron chi connectivity index (χ4n) is 3.45. The van der Waals surface area contributed by atoms with Crippen molar-refractivity contribution in [3.05, 3.63) is 53.6 Å². The number of nitrogens with zero attached hydrogens (tertiary/aromatic N) is 2. The topological polar surface area (TPSA) is 76.2 Å². The third kappa shape index (κ3) is 5.16. The Morgan fingerprint density at radius 3 is 2.22 bits per heavy atom. The van der Waals surface area contributed by atoms with E-state index >= 15 is 0 Å². The van der Waals surface area contributed by atoms with Crippen LogP contribution >= 0.6 is 0 Å². The van der Waals surface area contributed by atoms with Crippen molar-refractivity contribution in [2.45, 2.75) is 17.5 Å². The maximum atomic E-state index is 13.0. The number of rotatable bonds is 6. The molecule has 0 N–H and O–H groups in total. The van der Waals surface area contributed by atoms with Gasteiger partial charge in [0.15, 0.2) is 11.5 Å². The summed E-state index contributed by atoms with van der Waals surface area (Å²) in [7, 11) is -0.963. The summed E-state index contributed by atoms with van der Waals surface area (Å²) in [6, 6.07) is 8.92. The van der Waals surface area contributed by atoms with E-state index in [9.17, 15) is 26.4 Å². The first-order valence-corrected chi connectivity index (χ1v) is 11.2. The second-order valence-electron chi connectivity index (χ2n) is 7.18. The molecule has 0 unspecified atom stereocenters. The molecule has 1 aliphatic rings. The van der Waals surface area contributed by atoms with Gasteiger partial charge in [-0.15, -0.1) is 0 Å². The van der Waals surface area contributed by atoms with E-state index in [0.29, 0.717) is 5.75 Å². The lowest BCUT2D eigenvalue weighted by molar-refractivity contribution is -0.138. The molecule has 0 aliphatic carbocycles. The highest BCUT2D eigenvalue weighted by Crippen LogP contribution is 2.31. The van der Waals surface area contributed by atoms with E-state index in [4.69, 9.17) is 9.47 Å². The third-order valence-corrected chi connectivity index (χ3v) is 7.09. The predicted octanol–water partition coefficient (Wildman–Crippen LogP) is 2.80. The highest BCUT2D eigenvalue weighted by molar-refractivity contribution is 7.89. The summed E-state index contributed by atoms with van der Waals surface area (Å²) in [5.74, 6) is 0.326. The second kappa shape index (κ2) is 9.37. The van der Waals surface area contributed by atoms with Gasteiger partial charge in [0.25, 0.3) is 0 Å². The lowest BCUT2D eigenvalue weighted by Crippen LogP contribution is -2.50. The zero-order valence-electron chi connectivity index (χ0n) is 17.6. The quantitative estimate of drug-likeness (QED) is 0.646. The fourth-order valence-corrected chi connectivity index (χ4v) is 4.89. The van der Waals surface area contributed by atoms with E-state index in [0.717, 1.165) is 12.1 Å². The Morgan fingerprint density at radius 1 is 0.969 bits per heavy atom. The van der Waals surface area contributed by atoms with E-state index in [1.54, 1.807) is 0 Å². The number of benzene rings is 2. The van der Waals surface area contributed by atoms with E-state index in [1.807, 2.05) is 0 Å². The summed E-state index contributed by atoms with van der Waals surface area (Å²) in [6.07, 6.45) is -4.67. The molecule has 0 aromatic heterocycles. The first-order chi connectivity index (χ1) is 15.1. The van der Waals surface area contributed by atoms with Gasteiger partial charge in [0.2, 0.25) is 15.9 Å². The van der Waals surface area contributed by atoms with E-state index < -0.39 is 21.8 Å². The lowest BCUT2D eigenvalue weighted by Gasteiger charge is -2.34. The van der Waals surface area contributed by atoms with Crippen LogP contribution in [0.25, 0.3) is 0 Å². The van der Waals surface area contributed by atoms with Crippen LogP contribution in [0.2, 0.25) is 0 Å². The predicted molar refractivity (Wildman–Crippen MR) is 110 cm³/mol. The maximum Gasteiger partial charge on any atom is 0.416 e. The normalized spacial score (nSPS) is 15.5. The van der Waals surface area contributed by atoms with Gasteiger partial charge < -0.3 is 14.4 Å². The van der Waals surface area contributed by atoms with Crippen molar-refractivity contribution in [3.63, 3.8) is 0 Å². The van der Waals surface area contributed by atoms with Crippen molar-refractivity contribution in [2.24, 2.45) is 0 Å². The SMILES string of the molecule is COc1ccc(S(=O)(=O)N2CCN(C(=O)Cc3cccc(C(F)(F)F)c3)CC2)cc1OC. The van der Waals surface area contributed by atoms with Crippen LogP contribution in [-0.2, 0) is 27.4 Å². The average Bonchev–Trinajstić information content (AvgIpc) is 2.78. The van der Waals surface area contributed by atoms with Crippen LogP contribution in [0.1, 0.15) is 11.1 Å². The number of hydrogen-bond acceptors (Lipinski definition) is 5. The van der Waals surface area contributed by atoms with Crippen LogP contribution in [0.15, 0.2) is 47.4 Å². The van der Waals surface area contributed by atoms with Gasteiger partial charge in [-0.3, -0.25) is 4.79 Å². The Morgan fingerprint density at radius 2 is 1.62 bits per heavy atom. The molecule has 1 fully saturated rings. The van der Waals surface area contributed by atoms with Gasteiger partial charge >= 0.3 is 6.18 Å². The molecule has 0 radical (unpaired) electrons. The number of alkyl halides is 3. The van der Waals surface area contributed by atoms with E-state index in [2.05, 4.69) is 0 Å². The van der Waals surface area contributed by atoms with Crippen molar-refractivity contribution in [1.82, 2.24) is 9.21 Å². The molecule has 0 spiro atoms. The molecule has 174 valence electrons.